The average molecular weight is 451 g/mol. The molecule has 0 saturated heterocycles. The summed E-state index contributed by atoms with van der Waals surface area (Å²) >= 11 is 0. The number of pyridine rings is 1. The number of alkyl halides is 2. The summed E-state index contributed by atoms with van der Waals surface area (Å²) in [5.41, 5.74) is 0.646. The van der Waals surface area contributed by atoms with E-state index in [1.807, 2.05) is 36.4 Å². The summed E-state index contributed by atoms with van der Waals surface area (Å²) < 4.78 is 33.0. The predicted octanol–water partition coefficient (Wildman–Crippen LogP) is 3.65. The smallest absolute Gasteiger partial charge is 0.292 e. The summed E-state index contributed by atoms with van der Waals surface area (Å²) in [6.45, 7) is 0.246. The zero-order valence-corrected chi connectivity index (χ0v) is 17.3. The van der Waals surface area contributed by atoms with Crippen molar-refractivity contribution in [3.8, 4) is 0 Å². The van der Waals surface area contributed by atoms with Crippen molar-refractivity contribution in [2.24, 2.45) is 0 Å². The van der Waals surface area contributed by atoms with Crippen LogP contribution in [0.4, 0.5) is 8.78 Å². The standard InChI is InChI=1S/C23H19F2N5O3/c24-20(25)17-19(33-22(29-17)23(32)8-9-23)21(31)30-10-7-14-16(27-11-26-14)18(30)15-6-5-12-3-1-2-4-13(12)28-15/h1-6,11,18,20,32H,7-10H2,(H,26,27)/t18-/m0/s1. The van der Waals surface area contributed by atoms with Gasteiger partial charge in [-0.25, -0.2) is 18.7 Å². The van der Waals surface area contributed by atoms with E-state index >= 15 is 0 Å². The second-order valence-corrected chi connectivity index (χ2v) is 8.41. The van der Waals surface area contributed by atoms with Crippen molar-refractivity contribution in [1.82, 2.24) is 24.8 Å². The van der Waals surface area contributed by atoms with E-state index in [4.69, 9.17) is 9.40 Å². The molecule has 1 aliphatic heterocycles. The molecule has 2 N–H and O–H groups in total. The number of carbonyl (C=O) groups is 1. The number of halogens is 2. The molecule has 1 aromatic carbocycles. The molecule has 1 amide bonds. The van der Waals surface area contributed by atoms with E-state index in [1.54, 1.807) is 6.33 Å². The van der Waals surface area contributed by atoms with Gasteiger partial charge >= 0.3 is 0 Å². The Morgan fingerprint density at radius 1 is 1.21 bits per heavy atom. The second kappa shape index (κ2) is 7.17. The van der Waals surface area contributed by atoms with Crippen LogP contribution in [-0.4, -0.2) is 42.4 Å². The number of nitrogens with one attached hydrogen (secondary N) is 1. The molecule has 1 fully saturated rings. The molecule has 0 unspecified atom stereocenters. The number of benzene rings is 1. The molecule has 6 rings (SSSR count). The molecular formula is C23H19F2N5O3. The van der Waals surface area contributed by atoms with E-state index in [0.717, 1.165) is 16.6 Å². The number of rotatable bonds is 4. The van der Waals surface area contributed by atoms with Crippen molar-refractivity contribution in [3.05, 3.63) is 77.2 Å². The Balaban J connectivity index is 1.45. The first-order valence-corrected chi connectivity index (χ1v) is 10.7. The van der Waals surface area contributed by atoms with Crippen LogP contribution in [0, 0.1) is 0 Å². The number of H-pyrrole nitrogens is 1. The van der Waals surface area contributed by atoms with Crippen molar-refractivity contribution in [2.75, 3.05) is 6.54 Å². The molecule has 8 nitrogen and oxygen atoms in total. The molecule has 1 atom stereocenters. The van der Waals surface area contributed by atoms with Crippen LogP contribution in [0.25, 0.3) is 10.9 Å². The Labute approximate surface area is 186 Å². The number of amides is 1. The van der Waals surface area contributed by atoms with Gasteiger partial charge in [0.1, 0.15) is 11.6 Å². The number of carbonyl (C=O) groups excluding carboxylic acids is 1. The highest BCUT2D eigenvalue weighted by atomic mass is 19.3. The topological polar surface area (TPSA) is 108 Å². The molecule has 4 heterocycles. The molecule has 0 bridgehead atoms. The molecule has 4 aromatic rings. The van der Waals surface area contributed by atoms with Crippen LogP contribution in [0.5, 0.6) is 0 Å². The number of aliphatic hydroxyl groups is 1. The van der Waals surface area contributed by atoms with E-state index in [-0.39, 0.29) is 12.4 Å². The van der Waals surface area contributed by atoms with Crippen molar-refractivity contribution in [1.29, 1.82) is 0 Å². The predicted molar refractivity (Wildman–Crippen MR) is 112 cm³/mol. The normalized spacial score (nSPS) is 19.2. The number of fused-ring (bicyclic) bond motifs is 2. The van der Waals surface area contributed by atoms with Gasteiger partial charge in [0.05, 0.1) is 23.2 Å². The maximum absolute atomic E-state index is 13.8. The Bertz CT molecular complexity index is 1380. The molecule has 0 radical (unpaired) electrons. The average Bonchev–Trinajstić information content (AvgIpc) is 3.23. The molecular weight excluding hydrogens is 432 g/mol. The molecule has 168 valence electrons. The molecule has 1 saturated carbocycles. The first-order chi connectivity index (χ1) is 15.9. The van der Waals surface area contributed by atoms with Crippen molar-refractivity contribution < 1.29 is 23.1 Å². The van der Waals surface area contributed by atoms with Crippen LogP contribution in [0.2, 0.25) is 0 Å². The zero-order chi connectivity index (χ0) is 22.7. The Morgan fingerprint density at radius 2 is 2.03 bits per heavy atom. The molecule has 0 spiro atoms. The lowest BCUT2D eigenvalue weighted by Gasteiger charge is -2.34. The lowest BCUT2D eigenvalue weighted by Crippen LogP contribution is -2.41. The summed E-state index contributed by atoms with van der Waals surface area (Å²) in [5.74, 6) is -1.52. The van der Waals surface area contributed by atoms with Crippen LogP contribution in [-0.2, 0) is 12.0 Å². The molecule has 10 heteroatoms. The summed E-state index contributed by atoms with van der Waals surface area (Å²) in [6.07, 6.45) is -0.291. The Hall–Kier alpha value is -3.66. The van der Waals surface area contributed by atoms with Gasteiger partial charge in [0.15, 0.2) is 5.69 Å². The highest BCUT2D eigenvalue weighted by Crippen LogP contribution is 2.46. The maximum atomic E-state index is 13.8. The van der Waals surface area contributed by atoms with E-state index < -0.39 is 35.4 Å². The van der Waals surface area contributed by atoms with Crippen LogP contribution in [0.15, 0.2) is 47.1 Å². The van der Waals surface area contributed by atoms with Gasteiger partial charge < -0.3 is 19.4 Å². The fraction of sp³-hybridized carbons (Fsp3) is 0.304. The minimum absolute atomic E-state index is 0.237. The third-order valence-electron chi connectivity index (χ3n) is 6.26. The van der Waals surface area contributed by atoms with Gasteiger partial charge in [0.25, 0.3) is 12.3 Å². The highest BCUT2D eigenvalue weighted by Gasteiger charge is 2.49. The van der Waals surface area contributed by atoms with Crippen LogP contribution in [0.1, 0.15) is 64.5 Å². The largest absolute Gasteiger partial charge is 0.432 e. The lowest BCUT2D eigenvalue weighted by molar-refractivity contribution is 0.0624. The number of aromatic amines is 1. The Morgan fingerprint density at radius 3 is 2.82 bits per heavy atom. The highest BCUT2D eigenvalue weighted by molar-refractivity contribution is 5.93. The number of nitrogens with zero attached hydrogens (tertiary/aromatic N) is 4. The maximum Gasteiger partial charge on any atom is 0.292 e. The van der Waals surface area contributed by atoms with Crippen molar-refractivity contribution in [2.45, 2.75) is 37.3 Å². The van der Waals surface area contributed by atoms with Gasteiger partial charge in [0.2, 0.25) is 11.7 Å². The van der Waals surface area contributed by atoms with Gasteiger partial charge in [-0.15, -0.1) is 0 Å². The minimum atomic E-state index is -3.02. The summed E-state index contributed by atoms with van der Waals surface area (Å²) in [6, 6.07) is 10.6. The summed E-state index contributed by atoms with van der Waals surface area (Å²) in [4.78, 5) is 31.0. The zero-order valence-electron chi connectivity index (χ0n) is 17.3. The SMILES string of the molecule is O=C(c1oc(C2(O)CC2)nc1C(F)F)N1CCc2[nH]cnc2[C@@H]1c1ccc2ccccc2n1. The van der Waals surface area contributed by atoms with E-state index in [9.17, 15) is 18.7 Å². The van der Waals surface area contributed by atoms with Gasteiger partial charge in [-0.1, -0.05) is 24.3 Å². The van der Waals surface area contributed by atoms with Crippen molar-refractivity contribution >= 4 is 16.8 Å². The summed E-state index contributed by atoms with van der Waals surface area (Å²) in [7, 11) is 0. The van der Waals surface area contributed by atoms with Gasteiger partial charge in [-0.2, -0.15) is 0 Å². The quantitative estimate of drug-likeness (QED) is 0.490. The number of oxazole rings is 1. The summed E-state index contributed by atoms with van der Waals surface area (Å²) in [5, 5.41) is 11.2. The molecule has 33 heavy (non-hydrogen) atoms. The Kier molecular flexibility index (Phi) is 4.34. The van der Waals surface area contributed by atoms with E-state index in [2.05, 4.69) is 15.0 Å². The third kappa shape index (κ3) is 3.20. The molecule has 2 aliphatic rings. The molecule has 1 aliphatic carbocycles. The fourth-order valence-electron chi connectivity index (χ4n) is 4.32. The number of imidazole rings is 1. The molecule has 3 aromatic heterocycles. The third-order valence-corrected chi connectivity index (χ3v) is 6.26. The van der Waals surface area contributed by atoms with Gasteiger partial charge in [0, 0.05) is 24.0 Å². The lowest BCUT2D eigenvalue weighted by atomic mass is 9.98. The monoisotopic (exact) mass is 451 g/mol. The fourth-order valence-corrected chi connectivity index (χ4v) is 4.32. The van der Waals surface area contributed by atoms with Gasteiger partial charge in [-0.3, -0.25) is 9.78 Å². The number of para-hydroxylation sites is 1. The minimum Gasteiger partial charge on any atom is -0.432 e. The van der Waals surface area contributed by atoms with Crippen LogP contribution < -0.4 is 0 Å². The second-order valence-electron chi connectivity index (χ2n) is 8.41. The number of aromatic nitrogens is 4. The van der Waals surface area contributed by atoms with Gasteiger partial charge in [-0.05, 0) is 25.0 Å². The first kappa shape index (κ1) is 20.0. The van der Waals surface area contributed by atoms with Crippen molar-refractivity contribution in [3.63, 3.8) is 0 Å². The van der Waals surface area contributed by atoms with E-state index in [0.29, 0.717) is 30.7 Å². The van der Waals surface area contributed by atoms with E-state index in [1.165, 1.54) is 4.90 Å². The number of hydrogen-bond acceptors (Lipinski definition) is 6. The first-order valence-electron chi connectivity index (χ1n) is 10.7. The van der Waals surface area contributed by atoms with Crippen LogP contribution in [0.3, 0.4) is 0 Å². The van der Waals surface area contributed by atoms with Crippen LogP contribution >= 0.6 is 0 Å². The number of hydrogen-bond donors (Lipinski definition) is 2.